The standard InChI is InChI=1S/C12H16N2O3/c1-2-5-14(6-7-15)12(17)9-3-4-10(13)11(16)8-9/h2-4,8,15-16H,1,5-7,13H2. The molecule has 0 unspecified atom stereocenters. The van der Waals surface area contributed by atoms with E-state index in [2.05, 4.69) is 6.58 Å². The van der Waals surface area contributed by atoms with Crippen LogP contribution in [0.2, 0.25) is 0 Å². The van der Waals surface area contributed by atoms with Crippen LogP contribution < -0.4 is 5.73 Å². The van der Waals surface area contributed by atoms with Crippen molar-refractivity contribution in [1.29, 1.82) is 0 Å². The van der Waals surface area contributed by atoms with E-state index in [9.17, 15) is 9.90 Å². The van der Waals surface area contributed by atoms with Crippen LogP contribution in [-0.2, 0) is 0 Å². The first-order chi connectivity index (χ1) is 8.10. The SMILES string of the molecule is C=CCN(CCO)C(=O)c1ccc(N)c(O)c1. The topological polar surface area (TPSA) is 86.8 Å². The van der Waals surface area contributed by atoms with Crippen LogP contribution in [-0.4, -0.2) is 40.7 Å². The molecule has 1 amide bonds. The summed E-state index contributed by atoms with van der Waals surface area (Å²) in [5.41, 5.74) is 6.00. The molecule has 4 N–H and O–H groups in total. The molecule has 92 valence electrons. The summed E-state index contributed by atoms with van der Waals surface area (Å²) in [6.45, 7) is 3.98. The smallest absolute Gasteiger partial charge is 0.254 e. The maximum absolute atomic E-state index is 12.0. The number of carbonyl (C=O) groups excluding carboxylic acids is 1. The van der Waals surface area contributed by atoms with Crippen molar-refractivity contribution in [2.75, 3.05) is 25.4 Å². The first-order valence-electron chi connectivity index (χ1n) is 5.19. The van der Waals surface area contributed by atoms with Gasteiger partial charge in [-0.15, -0.1) is 6.58 Å². The lowest BCUT2D eigenvalue weighted by atomic mass is 10.1. The molecule has 0 aliphatic heterocycles. The molecule has 5 nitrogen and oxygen atoms in total. The minimum absolute atomic E-state index is 0.124. The molecular formula is C12H16N2O3. The van der Waals surface area contributed by atoms with Crippen molar-refractivity contribution < 1.29 is 15.0 Å². The van der Waals surface area contributed by atoms with E-state index in [1.165, 1.54) is 23.1 Å². The Balaban J connectivity index is 2.92. The van der Waals surface area contributed by atoms with Gasteiger partial charge in [0.1, 0.15) is 5.75 Å². The highest BCUT2D eigenvalue weighted by Crippen LogP contribution is 2.21. The van der Waals surface area contributed by atoms with E-state index < -0.39 is 0 Å². The molecule has 0 atom stereocenters. The molecule has 0 bridgehead atoms. The first-order valence-corrected chi connectivity index (χ1v) is 5.19. The Labute approximate surface area is 99.8 Å². The third-order valence-electron chi connectivity index (χ3n) is 2.28. The van der Waals surface area contributed by atoms with Crippen LogP contribution in [0.25, 0.3) is 0 Å². The zero-order chi connectivity index (χ0) is 12.8. The number of nitrogen functional groups attached to an aromatic ring is 1. The Bertz CT molecular complexity index is 418. The molecule has 0 spiro atoms. The van der Waals surface area contributed by atoms with Gasteiger partial charge in [-0.3, -0.25) is 4.79 Å². The van der Waals surface area contributed by atoms with Crippen LogP contribution in [0.3, 0.4) is 0 Å². The van der Waals surface area contributed by atoms with Crippen LogP contribution in [0.5, 0.6) is 5.75 Å². The average molecular weight is 236 g/mol. The molecule has 0 aliphatic rings. The van der Waals surface area contributed by atoms with Crippen molar-refractivity contribution in [3.63, 3.8) is 0 Å². The van der Waals surface area contributed by atoms with Crippen molar-refractivity contribution in [2.24, 2.45) is 0 Å². The summed E-state index contributed by atoms with van der Waals surface area (Å²) in [7, 11) is 0. The number of amides is 1. The molecule has 5 heteroatoms. The highest BCUT2D eigenvalue weighted by atomic mass is 16.3. The van der Waals surface area contributed by atoms with Gasteiger partial charge in [0, 0.05) is 18.7 Å². The Morgan fingerprint density at radius 3 is 2.76 bits per heavy atom. The number of hydrogen-bond acceptors (Lipinski definition) is 4. The van der Waals surface area contributed by atoms with Crippen molar-refractivity contribution >= 4 is 11.6 Å². The van der Waals surface area contributed by atoms with E-state index in [1.54, 1.807) is 6.08 Å². The lowest BCUT2D eigenvalue weighted by Crippen LogP contribution is -2.33. The Kier molecular flexibility index (Phi) is 4.54. The number of aromatic hydroxyl groups is 1. The number of aliphatic hydroxyl groups excluding tert-OH is 1. The maximum atomic E-state index is 12.0. The predicted molar refractivity (Wildman–Crippen MR) is 65.7 cm³/mol. The molecule has 1 aromatic rings. The molecule has 0 fully saturated rings. The number of hydrogen-bond donors (Lipinski definition) is 3. The van der Waals surface area contributed by atoms with Gasteiger partial charge in [0.15, 0.2) is 0 Å². The summed E-state index contributed by atoms with van der Waals surface area (Å²) in [5, 5.41) is 18.3. The molecule has 0 radical (unpaired) electrons. The zero-order valence-electron chi connectivity index (χ0n) is 9.47. The van der Waals surface area contributed by atoms with Crippen LogP contribution in [0.1, 0.15) is 10.4 Å². The summed E-state index contributed by atoms with van der Waals surface area (Å²) in [6.07, 6.45) is 1.57. The fourth-order valence-electron chi connectivity index (χ4n) is 1.41. The number of nitrogens with zero attached hydrogens (tertiary/aromatic N) is 1. The lowest BCUT2D eigenvalue weighted by Gasteiger charge is -2.20. The van der Waals surface area contributed by atoms with E-state index in [4.69, 9.17) is 10.8 Å². The van der Waals surface area contributed by atoms with Gasteiger partial charge >= 0.3 is 0 Å². The number of anilines is 1. The van der Waals surface area contributed by atoms with Crippen LogP contribution in [0.15, 0.2) is 30.9 Å². The van der Waals surface area contributed by atoms with E-state index in [-0.39, 0.29) is 30.5 Å². The van der Waals surface area contributed by atoms with Crippen molar-refractivity contribution in [2.45, 2.75) is 0 Å². The molecular weight excluding hydrogens is 220 g/mol. The largest absolute Gasteiger partial charge is 0.506 e. The second-order valence-electron chi connectivity index (χ2n) is 3.54. The molecule has 0 heterocycles. The Hall–Kier alpha value is -2.01. The van der Waals surface area contributed by atoms with Gasteiger partial charge in [-0.05, 0) is 18.2 Å². The van der Waals surface area contributed by atoms with Crippen molar-refractivity contribution in [3.8, 4) is 5.75 Å². The van der Waals surface area contributed by atoms with E-state index in [0.29, 0.717) is 12.1 Å². The molecule has 1 aromatic carbocycles. The number of phenolic OH excluding ortho intramolecular Hbond substituents is 1. The lowest BCUT2D eigenvalue weighted by molar-refractivity contribution is 0.0742. The Morgan fingerprint density at radius 2 is 2.24 bits per heavy atom. The normalized spacial score (nSPS) is 9.94. The summed E-state index contributed by atoms with van der Waals surface area (Å²) in [6, 6.07) is 4.31. The van der Waals surface area contributed by atoms with Gasteiger partial charge in [-0.2, -0.15) is 0 Å². The van der Waals surface area contributed by atoms with E-state index in [1.807, 2.05) is 0 Å². The number of benzene rings is 1. The van der Waals surface area contributed by atoms with Crippen LogP contribution in [0.4, 0.5) is 5.69 Å². The van der Waals surface area contributed by atoms with Crippen LogP contribution in [0, 0.1) is 0 Å². The molecule has 17 heavy (non-hydrogen) atoms. The maximum Gasteiger partial charge on any atom is 0.254 e. The summed E-state index contributed by atoms with van der Waals surface area (Å²) in [5.74, 6) is -0.410. The third-order valence-corrected chi connectivity index (χ3v) is 2.28. The third kappa shape index (κ3) is 3.22. The van der Waals surface area contributed by atoms with Gasteiger partial charge < -0.3 is 20.8 Å². The number of nitrogens with two attached hydrogens (primary N) is 1. The monoisotopic (exact) mass is 236 g/mol. The molecule has 0 saturated carbocycles. The first kappa shape index (κ1) is 13.1. The quantitative estimate of drug-likeness (QED) is 0.397. The summed E-state index contributed by atoms with van der Waals surface area (Å²) >= 11 is 0. The second-order valence-corrected chi connectivity index (χ2v) is 3.54. The van der Waals surface area contributed by atoms with Crippen molar-refractivity contribution in [1.82, 2.24) is 4.90 Å². The summed E-state index contributed by atoms with van der Waals surface area (Å²) < 4.78 is 0. The average Bonchev–Trinajstić information content (AvgIpc) is 2.31. The van der Waals surface area contributed by atoms with Gasteiger partial charge in [0.05, 0.1) is 12.3 Å². The molecule has 0 saturated heterocycles. The van der Waals surface area contributed by atoms with Gasteiger partial charge in [0.2, 0.25) is 0 Å². The van der Waals surface area contributed by atoms with E-state index >= 15 is 0 Å². The zero-order valence-corrected chi connectivity index (χ0v) is 9.47. The number of rotatable bonds is 5. The number of phenols is 1. The minimum atomic E-state index is -0.283. The van der Waals surface area contributed by atoms with Gasteiger partial charge in [0.25, 0.3) is 5.91 Å². The molecule has 0 aromatic heterocycles. The summed E-state index contributed by atoms with van der Waals surface area (Å²) in [4.78, 5) is 13.4. The molecule has 1 rings (SSSR count). The predicted octanol–water partition coefficient (Wildman–Crippen LogP) is 0.595. The van der Waals surface area contributed by atoms with Crippen molar-refractivity contribution in [3.05, 3.63) is 36.4 Å². The molecule has 0 aliphatic carbocycles. The van der Waals surface area contributed by atoms with Gasteiger partial charge in [-0.25, -0.2) is 0 Å². The van der Waals surface area contributed by atoms with E-state index in [0.717, 1.165) is 0 Å². The second kappa shape index (κ2) is 5.91. The fraction of sp³-hybridized carbons (Fsp3) is 0.250. The highest BCUT2D eigenvalue weighted by molar-refractivity contribution is 5.95. The highest BCUT2D eigenvalue weighted by Gasteiger charge is 2.15. The van der Waals surface area contributed by atoms with Gasteiger partial charge in [-0.1, -0.05) is 6.08 Å². The fourth-order valence-corrected chi connectivity index (χ4v) is 1.41. The van der Waals surface area contributed by atoms with Crippen LogP contribution >= 0.6 is 0 Å². The Morgan fingerprint density at radius 1 is 1.53 bits per heavy atom. The number of carbonyl (C=O) groups is 1. The number of aliphatic hydroxyl groups is 1. The minimum Gasteiger partial charge on any atom is -0.506 e.